The van der Waals surface area contributed by atoms with E-state index in [0.29, 0.717) is 0 Å². The van der Waals surface area contributed by atoms with Gasteiger partial charge in [-0.05, 0) is 60.0 Å². The van der Waals surface area contributed by atoms with Crippen LogP contribution in [0.4, 0.5) is 0 Å². The Labute approximate surface area is 95.8 Å². The Hall–Kier alpha value is -1.70. The van der Waals surface area contributed by atoms with Gasteiger partial charge in [0.05, 0.1) is 14.2 Å². The van der Waals surface area contributed by atoms with Gasteiger partial charge in [0.15, 0.2) is 0 Å². The highest BCUT2D eigenvalue weighted by atomic mass is 16.5. The van der Waals surface area contributed by atoms with Crippen LogP contribution >= 0.6 is 0 Å². The fourth-order valence-electron chi connectivity index (χ4n) is 1.98. The molecular weight excluding hydrogens is 200 g/mol. The van der Waals surface area contributed by atoms with Crippen molar-refractivity contribution in [1.29, 1.82) is 0 Å². The Morgan fingerprint density at radius 3 is 1.44 bits per heavy atom. The number of fused-ring (bicyclic) bond motifs is 1. The van der Waals surface area contributed by atoms with Gasteiger partial charge in [-0.15, -0.1) is 0 Å². The Bertz CT molecular complexity index is 485. The predicted octanol–water partition coefficient (Wildman–Crippen LogP) is 3.47. The summed E-state index contributed by atoms with van der Waals surface area (Å²) >= 11 is 0. The SMILES string of the molecule is COc1cc2cc(OC)c(C)cc2cc1C. The van der Waals surface area contributed by atoms with Crippen molar-refractivity contribution in [1.82, 2.24) is 0 Å². The first-order chi connectivity index (χ1) is 7.65. The zero-order chi connectivity index (χ0) is 11.7. The van der Waals surface area contributed by atoms with Crippen LogP contribution in [0.15, 0.2) is 24.3 Å². The monoisotopic (exact) mass is 216 g/mol. The van der Waals surface area contributed by atoms with E-state index in [0.717, 1.165) is 28.0 Å². The fraction of sp³-hybridized carbons (Fsp3) is 0.286. The topological polar surface area (TPSA) is 18.5 Å². The number of hydrogen-bond acceptors (Lipinski definition) is 2. The Morgan fingerprint density at radius 1 is 0.688 bits per heavy atom. The quantitative estimate of drug-likeness (QED) is 0.765. The van der Waals surface area contributed by atoms with Crippen molar-refractivity contribution < 1.29 is 9.47 Å². The molecule has 0 aromatic heterocycles. The molecule has 16 heavy (non-hydrogen) atoms. The van der Waals surface area contributed by atoms with E-state index >= 15 is 0 Å². The van der Waals surface area contributed by atoms with Crippen molar-refractivity contribution in [3.8, 4) is 11.5 Å². The summed E-state index contributed by atoms with van der Waals surface area (Å²) in [6, 6.07) is 8.38. The van der Waals surface area contributed by atoms with Gasteiger partial charge in [0.2, 0.25) is 0 Å². The molecule has 2 nitrogen and oxygen atoms in total. The molecule has 0 fully saturated rings. The number of rotatable bonds is 2. The van der Waals surface area contributed by atoms with E-state index in [2.05, 4.69) is 26.0 Å². The molecule has 0 amide bonds. The maximum Gasteiger partial charge on any atom is 0.122 e. The van der Waals surface area contributed by atoms with E-state index in [4.69, 9.17) is 9.47 Å². The standard InChI is InChI=1S/C14H16O2/c1-9-5-11-6-10(2)14(16-4)8-12(11)7-13(9)15-3/h5-8H,1-4H3. The molecule has 0 aliphatic rings. The summed E-state index contributed by atoms with van der Waals surface area (Å²) in [7, 11) is 3.39. The van der Waals surface area contributed by atoms with Crippen LogP contribution in [-0.2, 0) is 0 Å². The maximum atomic E-state index is 5.32. The number of methoxy groups -OCH3 is 2. The molecule has 84 valence electrons. The van der Waals surface area contributed by atoms with Gasteiger partial charge >= 0.3 is 0 Å². The first kappa shape index (κ1) is 10.8. The highest BCUT2D eigenvalue weighted by Gasteiger charge is 2.05. The molecule has 2 aromatic rings. The molecular formula is C14H16O2. The molecule has 2 aromatic carbocycles. The van der Waals surface area contributed by atoms with E-state index in [1.54, 1.807) is 14.2 Å². The minimum absolute atomic E-state index is 0.915. The highest BCUT2D eigenvalue weighted by molar-refractivity contribution is 5.87. The molecule has 0 bridgehead atoms. The zero-order valence-corrected chi connectivity index (χ0v) is 10.1. The van der Waals surface area contributed by atoms with Crippen LogP contribution in [0.1, 0.15) is 11.1 Å². The molecule has 2 rings (SSSR count). The van der Waals surface area contributed by atoms with Crippen LogP contribution in [0, 0.1) is 13.8 Å². The summed E-state index contributed by atoms with van der Waals surface area (Å²) in [5.74, 6) is 1.83. The van der Waals surface area contributed by atoms with Crippen LogP contribution in [0.5, 0.6) is 11.5 Å². The van der Waals surface area contributed by atoms with Crippen molar-refractivity contribution in [2.24, 2.45) is 0 Å². The third kappa shape index (κ3) is 1.71. The van der Waals surface area contributed by atoms with E-state index < -0.39 is 0 Å². The van der Waals surface area contributed by atoms with Crippen LogP contribution in [0.2, 0.25) is 0 Å². The van der Waals surface area contributed by atoms with Crippen molar-refractivity contribution in [3.63, 3.8) is 0 Å². The van der Waals surface area contributed by atoms with Crippen LogP contribution in [0.3, 0.4) is 0 Å². The molecule has 0 unspecified atom stereocenters. The van der Waals surface area contributed by atoms with Gasteiger partial charge in [0, 0.05) is 0 Å². The normalized spacial score (nSPS) is 10.5. The summed E-state index contributed by atoms with van der Waals surface area (Å²) < 4.78 is 10.6. The molecule has 0 heterocycles. The van der Waals surface area contributed by atoms with E-state index in [9.17, 15) is 0 Å². The third-order valence-electron chi connectivity index (χ3n) is 2.87. The minimum atomic E-state index is 0.915. The molecule has 0 saturated heterocycles. The molecule has 0 atom stereocenters. The van der Waals surface area contributed by atoms with Gasteiger partial charge in [-0.3, -0.25) is 0 Å². The first-order valence-electron chi connectivity index (χ1n) is 5.28. The molecule has 0 aliphatic heterocycles. The summed E-state index contributed by atoms with van der Waals surface area (Å²) in [5.41, 5.74) is 2.30. The smallest absolute Gasteiger partial charge is 0.122 e. The summed E-state index contributed by atoms with van der Waals surface area (Å²) in [6.45, 7) is 4.11. The average Bonchev–Trinajstić information content (AvgIpc) is 2.27. The van der Waals surface area contributed by atoms with E-state index in [-0.39, 0.29) is 0 Å². The highest BCUT2D eigenvalue weighted by Crippen LogP contribution is 2.30. The second-order valence-corrected chi connectivity index (χ2v) is 3.99. The molecule has 0 radical (unpaired) electrons. The van der Waals surface area contributed by atoms with Gasteiger partial charge in [0.25, 0.3) is 0 Å². The van der Waals surface area contributed by atoms with Crippen LogP contribution in [0.25, 0.3) is 10.8 Å². The van der Waals surface area contributed by atoms with Crippen molar-refractivity contribution >= 4 is 10.8 Å². The molecule has 0 saturated carbocycles. The van der Waals surface area contributed by atoms with Gasteiger partial charge in [0.1, 0.15) is 11.5 Å². The van der Waals surface area contributed by atoms with Gasteiger partial charge in [-0.2, -0.15) is 0 Å². The lowest BCUT2D eigenvalue weighted by molar-refractivity contribution is 0.410. The molecule has 0 aliphatic carbocycles. The van der Waals surface area contributed by atoms with Crippen molar-refractivity contribution in [3.05, 3.63) is 35.4 Å². The number of aryl methyl sites for hydroxylation is 2. The van der Waals surface area contributed by atoms with E-state index in [1.165, 1.54) is 5.39 Å². The number of hydrogen-bond donors (Lipinski definition) is 0. The van der Waals surface area contributed by atoms with Crippen LogP contribution in [-0.4, -0.2) is 14.2 Å². The number of ether oxygens (including phenoxy) is 2. The summed E-state index contributed by atoms with van der Waals surface area (Å²) in [6.07, 6.45) is 0. The summed E-state index contributed by atoms with van der Waals surface area (Å²) in [5, 5.41) is 2.36. The number of benzene rings is 2. The van der Waals surface area contributed by atoms with Gasteiger partial charge < -0.3 is 9.47 Å². The van der Waals surface area contributed by atoms with E-state index in [1.807, 2.05) is 12.1 Å². The first-order valence-corrected chi connectivity index (χ1v) is 5.28. The summed E-state index contributed by atoms with van der Waals surface area (Å²) in [4.78, 5) is 0. The Morgan fingerprint density at radius 2 is 1.06 bits per heavy atom. The maximum absolute atomic E-state index is 5.32. The van der Waals surface area contributed by atoms with Crippen molar-refractivity contribution in [2.45, 2.75) is 13.8 Å². The average molecular weight is 216 g/mol. The second-order valence-electron chi connectivity index (χ2n) is 3.99. The fourth-order valence-corrected chi connectivity index (χ4v) is 1.98. The largest absolute Gasteiger partial charge is 0.496 e. The lowest BCUT2D eigenvalue weighted by Gasteiger charge is -2.10. The zero-order valence-electron chi connectivity index (χ0n) is 10.1. The second kappa shape index (κ2) is 4.05. The molecule has 0 spiro atoms. The van der Waals surface area contributed by atoms with Gasteiger partial charge in [-0.1, -0.05) is 0 Å². The lowest BCUT2D eigenvalue weighted by Crippen LogP contribution is -1.90. The third-order valence-corrected chi connectivity index (χ3v) is 2.87. The van der Waals surface area contributed by atoms with Gasteiger partial charge in [-0.25, -0.2) is 0 Å². The minimum Gasteiger partial charge on any atom is -0.496 e. The van der Waals surface area contributed by atoms with Crippen molar-refractivity contribution in [2.75, 3.05) is 14.2 Å². The Balaban J connectivity index is 2.71. The predicted molar refractivity (Wildman–Crippen MR) is 66.5 cm³/mol. The Kier molecular flexibility index (Phi) is 2.73. The lowest BCUT2D eigenvalue weighted by atomic mass is 10.0. The molecule has 0 N–H and O–H groups in total. The molecule has 2 heteroatoms. The van der Waals surface area contributed by atoms with Crippen LogP contribution < -0.4 is 9.47 Å².